The highest BCUT2D eigenvalue weighted by molar-refractivity contribution is 5.32. The van der Waals surface area contributed by atoms with Gasteiger partial charge in [0, 0.05) is 23.4 Å². The van der Waals surface area contributed by atoms with Crippen LogP contribution in [0.4, 0.5) is 0 Å². The van der Waals surface area contributed by atoms with Gasteiger partial charge in [-0.1, -0.05) is 43.2 Å². The number of rotatable bonds is 4. The molecule has 0 bridgehead atoms. The molecule has 3 rings (SSSR count). The Bertz CT molecular complexity index is 535. The Balaban J connectivity index is 2.06. The van der Waals surface area contributed by atoms with Crippen LogP contribution >= 0.6 is 0 Å². The monoisotopic (exact) mass is 268 g/mol. The van der Waals surface area contributed by atoms with Gasteiger partial charge in [-0.05, 0) is 18.4 Å². The molecule has 104 valence electrons. The summed E-state index contributed by atoms with van der Waals surface area (Å²) >= 11 is 0. The van der Waals surface area contributed by atoms with E-state index in [0.29, 0.717) is 0 Å². The summed E-state index contributed by atoms with van der Waals surface area (Å²) in [6, 6.07) is 10.7. The molecule has 0 radical (unpaired) electrons. The molecule has 20 heavy (non-hydrogen) atoms. The van der Waals surface area contributed by atoms with Gasteiger partial charge in [-0.25, -0.2) is 9.97 Å². The van der Waals surface area contributed by atoms with Gasteiger partial charge in [0.25, 0.3) is 0 Å². The van der Waals surface area contributed by atoms with Crippen molar-refractivity contribution in [3.05, 3.63) is 60.2 Å². The molecule has 1 aliphatic carbocycles. The molecule has 4 heteroatoms. The first-order chi connectivity index (χ1) is 9.87. The minimum absolute atomic E-state index is 0.0424. The fourth-order valence-corrected chi connectivity index (χ4v) is 3.55. The molecular formula is C16H20N4. The van der Waals surface area contributed by atoms with E-state index in [1.54, 1.807) is 6.33 Å². The second-order valence-corrected chi connectivity index (χ2v) is 5.50. The van der Waals surface area contributed by atoms with Crippen LogP contribution in [0.25, 0.3) is 0 Å². The normalized spacial score (nSPS) is 18.9. The van der Waals surface area contributed by atoms with Gasteiger partial charge in [0.15, 0.2) is 0 Å². The Morgan fingerprint density at radius 3 is 2.30 bits per heavy atom. The van der Waals surface area contributed by atoms with E-state index in [2.05, 4.69) is 45.7 Å². The molecule has 0 aliphatic heterocycles. The van der Waals surface area contributed by atoms with E-state index in [0.717, 1.165) is 18.4 Å². The smallest absolute Gasteiger partial charge is 0.115 e. The Morgan fingerprint density at radius 1 is 1.05 bits per heavy atom. The predicted octanol–water partition coefficient (Wildman–Crippen LogP) is 2.49. The summed E-state index contributed by atoms with van der Waals surface area (Å²) in [6.45, 7) is 0. The molecular weight excluding hydrogens is 248 g/mol. The van der Waals surface area contributed by atoms with Crippen LogP contribution in [0.3, 0.4) is 0 Å². The topological polar surface area (TPSA) is 63.8 Å². The van der Waals surface area contributed by atoms with Gasteiger partial charge < -0.3 is 0 Å². The van der Waals surface area contributed by atoms with E-state index in [1.165, 1.54) is 18.4 Å². The number of nitrogens with two attached hydrogens (primary N) is 1. The van der Waals surface area contributed by atoms with Gasteiger partial charge in [-0.3, -0.25) is 11.3 Å². The number of hydrogen-bond acceptors (Lipinski definition) is 4. The van der Waals surface area contributed by atoms with Gasteiger partial charge in [-0.15, -0.1) is 0 Å². The molecule has 0 amide bonds. The quantitative estimate of drug-likeness (QED) is 0.660. The molecule has 0 saturated heterocycles. The van der Waals surface area contributed by atoms with Crippen molar-refractivity contribution in [3.8, 4) is 0 Å². The maximum Gasteiger partial charge on any atom is 0.115 e. The number of hydrogen-bond donors (Lipinski definition) is 2. The highest BCUT2D eigenvalue weighted by Gasteiger charge is 2.43. The van der Waals surface area contributed by atoms with Crippen LogP contribution in [0.5, 0.6) is 0 Å². The average Bonchev–Trinajstić information content (AvgIpc) is 3.01. The third-order valence-electron chi connectivity index (χ3n) is 4.48. The standard InChI is InChI=1S/C16H20N4/c17-20-15(13-10-18-12-19-11-13)16(8-4-5-9-16)14-6-2-1-3-7-14/h1-3,6-7,10-12,15,20H,4-5,8-9,17H2. The summed E-state index contributed by atoms with van der Waals surface area (Å²) in [6.07, 6.45) is 10.0. The fraction of sp³-hybridized carbons (Fsp3) is 0.375. The molecule has 1 aromatic heterocycles. The zero-order valence-corrected chi connectivity index (χ0v) is 11.5. The Morgan fingerprint density at radius 2 is 1.70 bits per heavy atom. The van der Waals surface area contributed by atoms with Crippen LogP contribution in [0.1, 0.15) is 42.9 Å². The van der Waals surface area contributed by atoms with Crippen molar-refractivity contribution >= 4 is 0 Å². The SMILES string of the molecule is NNC(c1cncnc1)C1(c2ccccc2)CCCC1. The lowest BCUT2D eigenvalue weighted by atomic mass is 9.71. The minimum Gasteiger partial charge on any atom is -0.271 e. The largest absolute Gasteiger partial charge is 0.271 e. The molecule has 1 fully saturated rings. The van der Waals surface area contributed by atoms with Gasteiger partial charge >= 0.3 is 0 Å². The molecule has 1 atom stereocenters. The van der Waals surface area contributed by atoms with Crippen LogP contribution in [-0.4, -0.2) is 9.97 Å². The first-order valence-electron chi connectivity index (χ1n) is 7.13. The van der Waals surface area contributed by atoms with E-state index in [1.807, 2.05) is 12.4 Å². The number of nitrogens with one attached hydrogen (secondary N) is 1. The maximum absolute atomic E-state index is 5.90. The second kappa shape index (κ2) is 5.69. The van der Waals surface area contributed by atoms with Crippen molar-refractivity contribution < 1.29 is 0 Å². The number of nitrogens with zero attached hydrogens (tertiary/aromatic N) is 2. The van der Waals surface area contributed by atoms with Crippen molar-refractivity contribution in [2.75, 3.05) is 0 Å². The number of hydrazine groups is 1. The van der Waals surface area contributed by atoms with Crippen molar-refractivity contribution in [2.45, 2.75) is 37.1 Å². The Labute approximate surface area is 119 Å². The Kier molecular flexibility index (Phi) is 3.76. The molecule has 0 spiro atoms. The van der Waals surface area contributed by atoms with Crippen LogP contribution in [0, 0.1) is 0 Å². The van der Waals surface area contributed by atoms with Crippen LogP contribution in [-0.2, 0) is 5.41 Å². The third kappa shape index (κ3) is 2.21. The third-order valence-corrected chi connectivity index (χ3v) is 4.48. The molecule has 1 heterocycles. The van der Waals surface area contributed by atoms with E-state index < -0.39 is 0 Å². The summed E-state index contributed by atoms with van der Waals surface area (Å²) in [5.41, 5.74) is 5.47. The Hall–Kier alpha value is -1.78. The lowest BCUT2D eigenvalue weighted by Gasteiger charge is -2.38. The van der Waals surface area contributed by atoms with Crippen LogP contribution in [0.15, 0.2) is 49.1 Å². The van der Waals surface area contributed by atoms with Crippen molar-refractivity contribution in [1.29, 1.82) is 0 Å². The van der Waals surface area contributed by atoms with Crippen molar-refractivity contribution in [2.24, 2.45) is 5.84 Å². The second-order valence-electron chi connectivity index (χ2n) is 5.50. The van der Waals surface area contributed by atoms with Gasteiger partial charge in [0.2, 0.25) is 0 Å². The summed E-state index contributed by atoms with van der Waals surface area (Å²) < 4.78 is 0. The lowest BCUT2D eigenvalue weighted by Crippen LogP contribution is -2.43. The molecule has 3 N–H and O–H groups in total. The number of aromatic nitrogens is 2. The van der Waals surface area contributed by atoms with Gasteiger partial charge in [0.05, 0.1) is 6.04 Å². The van der Waals surface area contributed by atoms with Gasteiger partial charge in [0.1, 0.15) is 6.33 Å². The van der Waals surface area contributed by atoms with Gasteiger partial charge in [-0.2, -0.15) is 0 Å². The highest BCUT2D eigenvalue weighted by atomic mass is 15.2. The van der Waals surface area contributed by atoms with E-state index >= 15 is 0 Å². The van der Waals surface area contributed by atoms with Crippen LogP contribution < -0.4 is 11.3 Å². The summed E-state index contributed by atoms with van der Waals surface area (Å²) in [4.78, 5) is 8.29. The molecule has 2 aromatic rings. The number of benzene rings is 1. The zero-order valence-electron chi connectivity index (χ0n) is 11.5. The van der Waals surface area contributed by atoms with Crippen molar-refractivity contribution in [3.63, 3.8) is 0 Å². The first kappa shape index (κ1) is 13.2. The first-order valence-corrected chi connectivity index (χ1v) is 7.13. The predicted molar refractivity (Wildman–Crippen MR) is 78.7 cm³/mol. The van der Waals surface area contributed by atoms with Crippen molar-refractivity contribution in [1.82, 2.24) is 15.4 Å². The molecule has 1 aliphatic rings. The highest BCUT2D eigenvalue weighted by Crippen LogP contribution is 2.49. The van der Waals surface area contributed by atoms with Crippen LogP contribution in [0.2, 0.25) is 0 Å². The van der Waals surface area contributed by atoms with E-state index in [-0.39, 0.29) is 11.5 Å². The molecule has 1 saturated carbocycles. The van der Waals surface area contributed by atoms with E-state index in [9.17, 15) is 0 Å². The summed E-state index contributed by atoms with van der Waals surface area (Å²) in [5, 5.41) is 0. The molecule has 1 unspecified atom stereocenters. The molecule has 4 nitrogen and oxygen atoms in total. The zero-order chi connectivity index (χ0) is 13.8. The fourth-order valence-electron chi connectivity index (χ4n) is 3.55. The van der Waals surface area contributed by atoms with E-state index in [4.69, 9.17) is 5.84 Å². The molecule has 1 aromatic carbocycles. The minimum atomic E-state index is 0.0424. The summed E-state index contributed by atoms with van der Waals surface area (Å²) in [5.74, 6) is 5.90. The summed E-state index contributed by atoms with van der Waals surface area (Å²) in [7, 11) is 0. The average molecular weight is 268 g/mol. The lowest BCUT2D eigenvalue weighted by molar-refractivity contribution is 0.302. The maximum atomic E-state index is 5.90.